The van der Waals surface area contributed by atoms with Crippen LogP contribution in [-0.4, -0.2) is 24.5 Å². The Morgan fingerprint density at radius 1 is 1.24 bits per heavy atom. The van der Waals surface area contributed by atoms with Crippen LogP contribution in [0.25, 0.3) is 11.1 Å². The van der Waals surface area contributed by atoms with Gasteiger partial charge in [-0.25, -0.2) is 9.37 Å². The fourth-order valence-corrected chi connectivity index (χ4v) is 1.95. The summed E-state index contributed by atoms with van der Waals surface area (Å²) in [5.74, 6) is 0.319. The van der Waals surface area contributed by atoms with E-state index in [0.29, 0.717) is 23.2 Å². The predicted octanol–water partition coefficient (Wildman–Crippen LogP) is 3.50. The molecule has 0 N–H and O–H groups in total. The van der Waals surface area contributed by atoms with Crippen molar-refractivity contribution in [1.29, 1.82) is 0 Å². The third-order valence-corrected chi connectivity index (χ3v) is 2.85. The smallest absolute Gasteiger partial charge is 0.213 e. The molecule has 1 aromatic carbocycles. The second-order valence-electron chi connectivity index (χ2n) is 4.74. The van der Waals surface area contributed by atoms with E-state index in [1.165, 1.54) is 13.2 Å². The molecule has 0 saturated carbocycles. The molecular formula is C16H16FNO3. The third kappa shape index (κ3) is 3.37. The Labute approximate surface area is 122 Å². The molecule has 0 radical (unpaired) electrons. The van der Waals surface area contributed by atoms with Gasteiger partial charge in [-0.1, -0.05) is 0 Å². The molecule has 1 heterocycles. The number of halogens is 1. The summed E-state index contributed by atoms with van der Waals surface area (Å²) in [7, 11) is 1.45. The zero-order valence-corrected chi connectivity index (χ0v) is 12.1. The Morgan fingerprint density at radius 2 is 2.00 bits per heavy atom. The van der Waals surface area contributed by atoms with Gasteiger partial charge < -0.3 is 9.47 Å². The van der Waals surface area contributed by atoms with E-state index in [2.05, 4.69) is 4.98 Å². The number of nitrogens with zero attached hydrogens (tertiary/aromatic N) is 1. The molecule has 0 aliphatic rings. The molecule has 0 unspecified atom stereocenters. The van der Waals surface area contributed by atoms with Crippen molar-refractivity contribution in [2.45, 2.75) is 20.0 Å². The lowest BCUT2D eigenvalue weighted by Crippen LogP contribution is -2.06. The van der Waals surface area contributed by atoms with Gasteiger partial charge in [0.25, 0.3) is 0 Å². The van der Waals surface area contributed by atoms with E-state index >= 15 is 0 Å². The lowest BCUT2D eigenvalue weighted by molar-refractivity contribution is 0.112. The number of aromatic nitrogens is 1. The summed E-state index contributed by atoms with van der Waals surface area (Å²) >= 11 is 0. The average Bonchev–Trinajstić information content (AvgIpc) is 2.47. The van der Waals surface area contributed by atoms with Crippen LogP contribution < -0.4 is 9.47 Å². The van der Waals surface area contributed by atoms with Crippen LogP contribution in [0.15, 0.2) is 30.5 Å². The highest BCUT2D eigenvalue weighted by atomic mass is 19.1. The predicted molar refractivity (Wildman–Crippen MR) is 77.3 cm³/mol. The van der Waals surface area contributed by atoms with Crippen molar-refractivity contribution in [1.82, 2.24) is 4.98 Å². The van der Waals surface area contributed by atoms with Crippen molar-refractivity contribution in [3.63, 3.8) is 0 Å². The maximum absolute atomic E-state index is 14.0. The SMILES string of the molecule is COc1cc(-c2cc(OC(C)C)ccc2C=O)c(F)cn1. The fourth-order valence-electron chi connectivity index (χ4n) is 1.95. The molecule has 0 aliphatic carbocycles. The highest BCUT2D eigenvalue weighted by Crippen LogP contribution is 2.31. The largest absolute Gasteiger partial charge is 0.491 e. The second-order valence-corrected chi connectivity index (χ2v) is 4.74. The highest BCUT2D eigenvalue weighted by Gasteiger charge is 2.13. The van der Waals surface area contributed by atoms with Crippen LogP contribution >= 0.6 is 0 Å². The van der Waals surface area contributed by atoms with Gasteiger partial charge in [0.05, 0.1) is 19.4 Å². The molecule has 0 aliphatic heterocycles. The van der Waals surface area contributed by atoms with E-state index in [1.807, 2.05) is 13.8 Å². The topological polar surface area (TPSA) is 48.4 Å². The van der Waals surface area contributed by atoms with E-state index in [-0.39, 0.29) is 17.5 Å². The maximum Gasteiger partial charge on any atom is 0.213 e. The van der Waals surface area contributed by atoms with Crippen LogP contribution in [0.3, 0.4) is 0 Å². The first kappa shape index (κ1) is 15.0. The maximum atomic E-state index is 14.0. The number of carbonyl (C=O) groups is 1. The standard InChI is InChI=1S/C16H16FNO3/c1-10(2)21-12-5-4-11(9-19)13(6-12)14-7-16(20-3)18-8-15(14)17/h4-10H,1-3H3. The van der Waals surface area contributed by atoms with E-state index in [4.69, 9.17) is 9.47 Å². The van der Waals surface area contributed by atoms with Crippen molar-refractivity contribution in [3.8, 4) is 22.8 Å². The lowest BCUT2D eigenvalue weighted by atomic mass is 10.0. The van der Waals surface area contributed by atoms with Crippen molar-refractivity contribution >= 4 is 6.29 Å². The highest BCUT2D eigenvalue weighted by molar-refractivity contribution is 5.88. The van der Waals surface area contributed by atoms with E-state index in [0.717, 1.165) is 6.20 Å². The fraction of sp³-hybridized carbons (Fsp3) is 0.250. The summed E-state index contributed by atoms with van der Waals surface area (Å²) < 4.78 is 24.6. The molecule has 0 saturated heterocycles. The molecule has 21 heavy (non-hydrogen) atoms. The number of pyridine rings is 1. The van der Waals surface area contributed by atoms with Gasteiger partial charge in [-0.15, -0.1) is 0 Å². The number of rotatable bonds is 5. The Bertz CT molecular complexity index is 656. The summed E-state index contributed by atoms with van der Waals surface area (Å²) in [4.78, 5) is 15.0. The number of hydrogen-bond donors (Lipinski definition) is 0. The Kier molecular flexibility index (Phi) is 4.52. The minimum Gasteiger partial charge on any atom is -0.491 e. The molecule has 1 aromatic heterocycles. The molecule has 4 nitrogen and oxygen atoms in total. The van der Waals surface area contributed by atoms with Gasteiger partial charge in [0.2, 0.25) is 5.88 Å². The molecule has 0 fully saturated rings. The van der Waals surface area contributed by atoms with Crippen LogP contribution in [0, 0.1) is 5.82 Å². The van der Waals surface area contributed by atoms with Crippen LogP contribution in [0.2, 0.25) is 0 Å². The Morgan fingerprint density at radius 3 is 2.62 bits per heavy atom. The summed E-state index contributed by atoms with van der Waals surface area (Å²) in [6.07, 6.45) is 1.73. The van der Waals surface area contributed by atoms with Gasteiger partial charge in [0, 0.05) is 17.2 Å². The molecule has 2 rings (SSSR count). The first-order valence-corrected chi connectivity index (χ1v) is 6.51. The normalized spacial score (nSPS) is 10.5. The summed E-state index contributed by atoms with van der Waals surface area (Å²) in [6, 6.07) is 6.38. The first-order valence-electron chi connectivity index (χ1n) is 6.51. The summed E-state index contributed by atoms with van der Waals surface area (Å²) in [6.45, 7) is 3.78. The van der Waals surface area contributed by atoms with E-state index < -0.39 is 5.82 Å². The molecule has 5 heteroatoms. The van der Waals surface area contributed by atoms with Crippen molar-refractivity contribution in [3.05, 3.63) is 41.8 Å². The second kappa shape index (κ2) is 6.35. The monoisotopic (exact) mass is 289 g/mol. The molecule has 110 valence electrons. The van der Waals surface area contributed by atoms with Gasteiger partial charge in [-0.05, 0) is 37.6 Å². The summed E-state index contributed by atoms with van der Waals surface area (Å²) in [5, 5.41) is 0. The number of methoxy groups -OCH3 is 1. The molecule has 0 atom stereocenters. The number of benzene rings is 1. The van der Waals surface area contributed by atoms with Crippen molar-refractivity contribution in [2.75, 3.05) is 7.11 Å². The van der Waals surface area contributed by atoms with Crippen LogP contribution in [-0.2, 0) is 0 Å². The number of aldehydes is 1. The van der Waals surface area contributed by atoms with Gasteiger partial charge in [0.15, 0.2) is 6.29 Å². The third-order valence-electron chi connectivity index (χ3n) is 2.85. The van der Waals surface area contributed by atoms with Crippen molar-refractivity contribution < 1.29 is 18.7 Å². The molecule has 0 amide bonds. The van der Waals surface area contributed by atoms with Gasteiger partial charge in [0.1, 0.15) is 11.6 Å². The molecular weight excluding hydrogens is 273 g/mol. The van der Waals surface area contributed by atoms with Gasteiger partial charge >= 0.3 is 0 Å². The van der Waals surface area contributed by atoms with Crippen LogP contribution in [0.5, 0.6) is 11.6 Å². The molecule has 0 bridgehead atoms. The van der Waals surface area contributed by atoms with Crippen molar-refractivity contribution in [2.24, 2.45) is 0 Å². The minimum atomic E-state index is -0.527. The molecule has 2 aromatic rings. The zero-order valence-electron chi connectivity index (χ0n) is 12.1. The van der Waals surface area contributed by atoms with Gasteiger partial charge in [-0.3, -0.25) is 4.79 Å². The van der Waals surface area contributed by atoms with Crippen LogP contribution in [0.4, 0.5) is 4.39 Å². The zero-order chi connectivity index (χ0) is 15.4. The van der Waals surface area contributed by atoms with Gasteiger partial charge in [-0.2, -0.15) is 0 Å². The number of hydrogen-bond acceptors (Lipinski definition) is 4. The van der Waals surface area contributed by atoms with E-state index in [1.54, 1.807) is 18.2 Å². The lowest BCUT2D eigenvalue weighted by Gasteiger charge is -2.13. The Balaban J connectivity index is 2.57. The average molecular weight is 289 g/mol. The quantitative estimate of drug-likeness (QED) is 0.790. The van der Waals surface area contributed by atoms with Crippen LogP contribution in [0.1, 0.15) is 24.2 Å². The summed E-state index contributed by atoms with van der Waals surface area (Å²) in [5.41, 5.74) is 1.07. The number of ether oxygens (including phenoxy) is 2. The molecule has 0 spiro atoms. The number of carbonyl (C=O) groups excluding carboxylic acids is 1. The minimum absolute atomic E-state index is 0.0169. The first-order chi connectivity index (χ1) is 10.0. The van der Waals surface area contributed by atoms with E-state index in [9.17, 15) is 9.18 Å². The Hall–Kier alpha value is -2.43.